The second kappa shape index (κ2) is 5.92. The Morgan fingerprint density at radius 1 is 1.00 bits per heavy atom. The maximum absolute atomic E-state index is 2.36. The number of unbranched alkanes of at least 4 members (excludes halogenated alkanes) is 2. The van der Waals surface area contributed by atoms with Crippen LogP contribution in [0.25, 0.3) is 0 Å². The summed E-state index contributed by atoms with van der Waals surface area (Å²) in [5.41, 5.74) is 0. The van der Waals surface area contributed by atoms with E-state index in [0.717, 1.165) is 11.8 Å². The van der Waals surface area contributed by atoms with E-state index in [1.54, 1.807) is 0 Å². The van der Waals surface area contributed by atoms with E-state index < -0.39 is 0 Å². The van der Waals surface area contributed by atoms with E-state index in [1.165, 1.54) is 70.6 Å². The van der Waals surface area contributed by atoms with Gasteiger partial charge in [-0.15, -0.1) is 0 Å². The molecular weight excluding hydrogens is 180 g/mol. The van der Waals surface area contributed by atoms with Crippen molar-refractivity contribution in [1.82, 2.24) is 0 Å². The van der Waals surface area contributed by atoms with Crippen molar-refractivity contribution in [3.8, 4) is 0 Å². The molecule has 0 spiro atoms. The van der Waals surface area contributed by atoms with Gasteiger partial charge in [0.2, 0.25) is 0 Å². The van der Waals surface area contributed by atoms with Crippen molar-refractivity contribution < 1.29 is 0 Å². The number of hydrogen-bond donors (Lipinski definition) is 0. The molecule has 0 atom stereocenters. The summed E-state index contributed by atoms with van der Waals surface area (Å²) in [5, 5.41) is 0. The highest BCUT2D eigenvalue weighted by molar-refractivity contribution is 4.98. The molecule has 15 heavy (non-hydrogen) atoms. The molecule has 1 radical (unpaired) electrons. The van der Waals surface area contributed by atoms with Crippen LogP contribution in [0.2, 0.25) is 0 Å². The van der Waals surface area contributed by atoms with E-state index in [9.17, 15) is 0 Å². The fourth-order valence-electron chi connectivity index (χ4n) is 2.85. The Kier molecular flexibility index (Phi) is 4.53. The second-order valence-corrected chi connectivity index (χ2v) is 5.68. The average Bonchev–Trinajstić information content (AvgIpc) is 2.96. The minimum atomic E-state index is 1.04. The van der Waals surface area contributed by atoms with Gasteiger partial charge in [-0.3, -0.25) is 0 Å². The second-order valence-electron chi connectivity index (χ2n) is 5.68. The van der Waals surface area contributed by atoms with Gasteiger partial charge >= 0.3 is 0 Å². The first-order valence-corrected chi connectivity index (χ1v) is 7.24. The lowest BCUT2D eigenvalue weighted by Crippen LogP contribution is -2.19. The van der Waals surface area contributed by atoms with Crippen molar-refractivity contribution in [2.45, 2.75) is 77.6 Å². The van der Waals surface area contributed by atoms with E-state index in [-0.39, 0.29) is 0 Å². The largest absolute Gasteiger partial charge is 0.0648 e. The lowest BCUT2D eigenvalue weighted by molar-refractivity contribution is 0.305. The Hall–Kier alpha value is 0. The van der Waals surface area contributed by atoms with Crippen LogP contribution in [0.5, 0.6) is 0 Å². The first kappa shape index (κ1) is 11.5. The first-order chi connectivity index (χ1) is 7.40. The van der Waals surface area contributed by atoms with Crippen LogP contribution in [0.1, 0.15) is 77.6 Å². The molecule has 87 valence electrons. The molecule has 2 aliphatic rings. The molecule has 0 nitrogen and oxygen atoms in total. The molecule has 0 bridgehead atoms. The summed E-state index contributed by atoms with van der Waals surface area (Å²) in [5.74, 6) is 4.08. The van der Waals surface area contributed by atoms with Crippen molar-refractivity contribution in [3.05, 3.63) is 5.92 Å². The molecule has 0 N–H and O–H groups in total. The lowest BCUT2D eigenvalue weighted by atomic mass is 9.73. The van der Waals surface area contributed by atoms with E-state index in [0.29, 0.717) is 0 Å². The molecule has 0 heteroatoms. The van der Waals surface area contributed by atoms with Crippen LogP contribution in [0.3, 0.4) is 0 Å². The van der Waals surface area contributed by atoms with Gasteiger partial charge < -0.3 is 0 Å². The molecule has 0 heterocycles. The summed E-state index contributed by atoms with van der Waals surface area (Å²) in [7, 11) is 0. The predicted octanol–water partition coefficient (Wildman–Crippen LogP) is 5.13. The van der Waals surface area contributed by atoms with E-state index in [2.05, 4.69) is 6.92 Å². The summed E-state index contributed by atoms with van der Waals surface area (Å²) in [4.78, 5) is 0. The zero-order valence-electron chi connectivity index (χ0n) is 10.4. The van der Waals surface area contributed by atoms with Gasteiger partial charge in [0, 0.05) is 0 Å². The molecule has 2 rings (SSSR count). The molecule has 0 aromatic heterocycles. The zero-order valence-corrected chi connectivity index (χ0v) is 10.4. The average molecular weight is 207 g/mol. The van der Waals surface area contributed by atoms with Crippen LogP contribution in [0, 0.1) is 17.8 Å². The molecule has 2 aliphatic carbocycles. The maximum atomic E-state index is 2.36. The van der Waals surface area contributed by atoms with Gasteiger partial charge in [0.25, 0.3) is 0 Å². The molecule has 0 aliphatic heterocycles. The highest BCUT2D eigenvalue weighted by Gasteiger charge is 2.25. The number of rotatable bonds is 8. The van der Waals surface area contributed by atoms with Crippen LogP contribution in [-0.4, -0.2) is 0 Å². The Labute approximate surface area is 95.8 Å². The van der Waals surface area contributed by atoms with Crippen molar-refractivity contribution in [2.75, 3.05) is 0 Å². The third-order valence-corrected chi connectivity index (χ3v) is 4.44. The van der Waals surface area contributed by atoms with Crippen molar-refractivity contribution in [3.63, 3.8) is 0 Å². The van der Waals surface area contributed by atoms with Crippen LogP contribution < -0.4 is 0 Å². The quantitative estimate of drug-likeness (QED) is 0.484. The Morgan fingerprint density at radius 3 is 2.33 bits per heavy atom. The molecule has 2 saturated carbocycles. The van der Waals surface area contributed by atoms with Gasteiger partial charge in [0.1, 0.15) is 0 Å². The topological polar surface area (TPSA) is 0 Å². The maximum Gasteiger partial charge on any atom is -0.0213 e. The summed E-state index contributed by atoms with van der Waals surface area (Å²) in [6, 6.07) is 0. The van der Waals surface area contributed by atoms with Gasteiger partial charge in [0.05, 0.1) is 0 Å². The Morgan fingerprint density at radius 2 is 1.80 bits per heavy atom. The standard InChI is InChI=1S/C15H27/c1-2-14(15-9-6-10-15)8-5-3-4-7-13-11-12-13/h13,15H,2-12H2,1H3. The fourth-order valence-corrected chi connectivity index (χ4v) is 2.85. The summed E-state index contributed by atoms with van der Waals surface area (Å²) in [6.45, 7) is 2.36. The van der Waals surface area contributed by atoms with Crippen LogP contribution in [0.4, 0.5) is 0 Å². The monoisotopic (exact) mass is 207 g/mol. The third-order valence-electron chi connectivity index (χ3n) is 4.44. The summed E-state index contributed by atoms with van der Waals surface area (Å²) < 4.78 is 0. The smallest absolute Gasteiger partial charge is 0.0213 e. The minimum Gasteiger partial charge on any atom is -0.0648 e. The normalized spacial score (nSPS) is 22.0. The van der Waals surface area contributed by atoms with Crippen LogP contribution >= 0.6 is 0 Å². The lowest BCUT2D eigenvalue weighted by Gasteiger charge is -2.32. The highest BCUT2D eigenvalue weighted by atomic mass is 14.3. The summed E-state index contributed by atoms with van der Waals surface area (Å²) >= 11 is 0. The van der Waals surface area contributed by atoms with Gasteiger partial charge in [0.15, 0.2) is 0 Å². The van der Waals surface area contributed by atoms with Crippen molar-refractivity contribution >= 4 is 0 Å². The Balaban J connectivity index is 1.46. The van der Waals surface area contributed by atoms with Crippen LogP contribution in [0.15, 0.2) is 0 Å². The highest BCUT2D eigenvalue weighted by Crippen LogP contribution is 2.39. The molecule has 0 amide bonds. The van der Waals surface area contributed by atoms with E-state index in [4.69, 9.17) is 0 Å². The predicted molar refractivity (Wildman–Crippen MR) is 66.7 cm³/mol. The minimum absolute atomic E-state index is 1.04. The van der Waals surface area contributed by atoms with Crippen LogP contribution in [-0.2, 0) is 0 Å². The van der Waals surface area contributed by atoms with E-state index >= 15 is 0 Å². The molecule has 0 aromatic rings. The molecule has 2 fully saturated rings. The van der Waals surface area contributed by atoms with E-state index in [1.807, 2.05) is 5.92 Å². The molecule has 0 unspecified atom stereocenters. The van der Waals surface area contributed by atoms with Crippen molar-refractivity contribution in [2.24, 2.45) is 11.8 Å². The molecule has 0 aromatic carbocycles. The summed E-state index contributed by atoms with van der Waals surface area (Å²) in [6.07, 6.45) is 16.4. The number of hydrogen-bond acceptors (Lipinski definition) is 0. The fraction of sp³-hybridized carbons (Fsp3) is 0.933. The first-order valence-electron chi connectivity index (χ1n) is 7.24. The molecular formula is C15H27. The van der Waals surface area contributed by atoms with Crippen molar-refractivity contribution in [1.29, 1.82) is 0 Å². The van der Waals surface area contributed by atoms with Gasteiger partial charge in [-0.05, 0) is 43.4 Å². The third kappa shape index (κ3) is 3.81. The molecule has 0 saturated heterocycles. The van der Waals surface area contributed by atoms with Gasteiger partial charge in [-0.2, -0.15) is 0 Å². The van der Waals surface area contributed by atoms with Gasteiger partial charge in [-0.25, -0.2) is 0 Å². The zero-order chi connectivity index (χ0) is 10.5. The Bertz CT molecular complexity index is 165. The SMILES string of the molecule is CC[C](CCCCCC1CC1)C1CCC1. The van der Waals surface area contributed by atoms with Gasteiger partial charge in [-0.1, -0.05) is 51.9 Å².